The molecule has 0 saturated carbocycles. The maximum Gasteiger partial charge on any atom is 0.118 e. The first-order valence-corrected chi connectivity index (χ1v) is 5.67. The first-order valence-electron chi connectivity index (χ1n) is 4.73. The minimum atomic E-state index is -0.0397. The van der Waals surface area contributed by atoms with Crippen LogP contribution in [0.25, 0.3) is 0 Å². The van der Waals surface area contributed by atoms with Gasteiger partial charge in [-0.05, 0) is 40.1 Å². The zero-order valence-electron chi connectivity index (χ0n) is 8.51. The van der Waals surface area contributed by atoms with Crippen molar-refractivity contribution in [1.29, 1.82) is 0 Å². The van der Waals surface area contributed by atoms with Crippen LogP contribution in [-0.2, 0) is 0 Å². The van der Waals surface area contributed by atoms with Crippen molar-refractivity contribution in [2.45, 2.75) is 6.04 Å². The Labute approximate surface area is 93.3 Å². The van der Waals surface area contributed by atoms with Gasteiger partial charge in [-0.15, -0.1) is 0 Å². The lowest BCUT2D eigenvalue weighted by atomic mass is 10.0. The Morgan fingerprint density at radius 1 is 1.13 bits per heavy atom. The number of nitrogens with two attached hydrogens (primary N) is 1. The fraction of sp³-hybridized carbons (Fsp3) is 0.167. The molecule has 0 spiro atoms. The van der Waals surface area contributed by atoms with Crippen LogP contribution in [0.4, 0.5) is 0 Å². The predicted molar refractivity (Wildman–Crippen MR) is 63.3 cm³/mol. The monoisotopic (exact) mass is 219 g/mol. The molecular formula is C12H13NOS. The Balaban J connectivity index is 2.22. The van der Waals surface area contributed by atoms with E-state index in [2.05, 4.69) is 11.4 Å². The molecule has 1 heterocycles. The van der Waals surface area contributed by atoms with Crippen molar-refractivity contribution < 1.29 is 4.74 Å². The molecule has 78 valence electrons. The van der Waals surface area contributed by atoms with Gasteiger partial charge in [0, 0.05) is 0 Å². The second-order valence-corrected chi connectivity index (χ2v) is 4.09. The molecule has 1 atom stereocenters. The molecule has 0 saturated heterocycles. The average molecular weight is 219 g/mol. The van der Waals surface area contributed by atoms with Crippen molar-refractivity contribution >= 4 is 11.3 Å². The molecule has 1 aromatic heterocycles. The van der Waals surface area contributed by atoms with Gasteiger partial charge in [-0.2, -0.15) is 11.3 Å². The van der Waals surface area contributed by atoms with Crippen molar-refractivity contribution in [2.24, 2.45) is 5.73 Å². The third kappa shape index (κ3) is 2.19. The number of thiophene rings is 1. The number of hydrogen-bond acceptors (Lipinski definition) is 3. The number of ether oxygens (including phenoxy) is 1. The average Bonchev–Trinajstić information content (AvgIpc) is 2.82. The highest BCUT2D eigenvalue weighted by atomic mass is 32.1. The van der Waals surface area contributed by atoms with E-state index in [1.54, 1.807) is 18.4 Å². The summed E-state index contributed by atoms with van der Waals surface area (Å²) in [5.41, 5.74) is 8.38. The number of methoxy groups -OCH3 is 1. The molecule has 15 heavy (non-hydrogen) atoms. The van der Waals surface area contributed by atoms with Crippen LogP contribution < -0.4 is 10.5 Å². The van der Waals surface area contributed by atoms with Crippen molar-refractivity contribution in [2.75, 3.05) is 7.11 Å². The van der Waals surface area contributed by atoms with Crippen LogP contribution in [0.15, 0.2) is 41.1 Å². The summed E-state index contributed by atoms with van der Waals surface area (Å²) in [6.07, 6.45) is 0. The molecule has 0 aliphatic carbocycles. The molecule has 2 aromatic rings. The number of rotatable bonds is 3. The first-order chi connectivity index (χ1) is 7.31. The summed E-state index contributed by atoms with van der Waals surface area (Å²) in [6.45, 7) is 0. The fourth-order valence-electron chi connectivity index (χ4n) is 1.46. The molecular weight excluding hydrogens is 206 g/mol. The summed E-state index contributed by atoms with van der Waals surface area (Å²) >= 11 is 1.67. The molecule has 3 heteroatoms. The van der Waals surface area contributed by atoms with Crippen molar-refractivity contribution in [3.63, 3.8) is 0 Å². The lowest BCUT2D eigenvalue weighted by molar-refractivity contribution is 0.414. The van der Waals surface area contributed by atoms with Crippen LogP contribution in [-0.4, -0.2) is 7.11 Å². The van der Waals surface area contributed by atoms with Crippen LogP contribution in [0.3, 0.4) is 0 Å². The van der Waals surface area contributed by atoms with E-state index in [1.165, 1.54) is 0 Å². The van der Waals surface area contributed by atoms with E-state index in [0.717, 1.165) is 16.9 Å². The molecule has 1 aromatic carbocycles. The molecule has 0 bridgehead atoms. The van der Waals surface area contributed by atoms with Crippen LogP contribution in [0.2, 0.25) is 0 Å². The zero-order valence-corrected chi connectivity index (χ0v) is 9.33. The van der Waals surface area contributed by atoms with E-state index in [9.17, 15) is 0 Å². The quantitative estimate of drug-likeness (QED) is 0.861. The van der Waals surface area contributed by atoms with Gasteiger partial charge in [0.15, 0.2) is 0 Å². The standard InChI is InChI=1S/C12H13NOS/c1-14-11-4-2-9(3-5-11)12(13)10-6-7-15-8-10/h2-8,12H,13H2,1H3/t12-/m0/s1. The molecule has 0 aliphatic heterocycles. The van der Waals surface area contributed by atoms with Crippen LogP contribution in [0.1, 0.15) is 17.2 Å². The Bertz CT molecular complexity index is 408. The van der Waals surface area contributed by atoms with E-state index in [1.807, 2.05) is 29.6 Å². The van der Waals surface area contributed by atoms with E-state index >= 15 is 0 Å². The molecule has 2 N–H and O–H groups in total. The highest BCUT2D eigenvalue weighted by Gasteiger charge is 2.08. The lowest BCUT2D eigenvalue weighted by Crippen LogP contribution is -2.10. The fourth-order valence-corrected chi connectivity index (χ4v) is 2.15. The van der Waals surface area contributed by atoms with E-state index in [4.69, 9.17) is 10.5 Å². The normalized spacial score (nSPS) is 12.4. The van der Waals surface area contributed by atoms with Gasteiger partial charge < -0.3 is 10.5 Å². The summed E-state index contributed by atoms with van der Waals surface area (Å²) < 4.78 is 5.10. The predicted octanol–water partition coefficient (Wildman–Crippen LogP) is 2.80. The van der Waals surface area contributed by atoms with Crippen molar-refractivity contribution in [3.8, 4) is 5.75 Å². The van der Waals surface area contributed by atoms with Gasteiger partial charge in [0.2, 0.25) is 0 Å². The van der Waals surface area contributed by atoms with Gasteiger partial charge in [-0.3, -0.25) is 0 Å². The first kappa shape index (κ1) is 10.2. The summed E-state index contributed by atoms with van der Waals surface area (Å²) in [5.74, 6) is 0.858. The highest BCUT2D eigenvalue weighted by molar-refractivity contribution is 7.08. The molecule has 0 unspecified atom stereocenters. The number of benzene rings is 1. The van der Waals surface area contributed by atoms with Crippen LogP contribution >= 0.6 is 11.3 Å². The lowest BCUT2D eigenvalue weighted by Gasteiger charge is -2.10. The molecule has 2 nitrogen and oxygen atoms in total. The Kier molecular flexibility index (Phi) is 3.04. The summed E-state index contributed by atoms with van der Waals surface area (Å²) in [5, 5.41) is 4.12. The Morgan fingerprint density at radius 2 is 1.87 bits per heavy atom. The minimum absolute atomic E-state index is 0.0397. The molecule has 0 fully saturated rings. The van der Waals surface area contributed by atoms with E-state index in [-0.39, 0.29) is 6.04 Å². The second kappa shape index (κ2) is 4.47. The van der Waals surface area contributed by atoms with Gasteiger partial charge in [-0.25, -0.2) is 0 Å². The van der Waals surface area contributed by atoms with Crippen molar-refractivity contribution in [1.82, 2.24) is 0 Å². The Hall–Kier alpha value is -1.32. The molecule has 0 amide bonds. The second-order valence-electron chi connectivity index (χ2n) is 3.31. The van der Waals surface area contributed by atoms with Crippen molar-refractivity contribution in [3.05, 3.63) is 52.2 Å². The largest absolute Gasteiger partial charge is 0.497 e. The minimum Gasteiger partial charge on any atom is -0.497 e. The molecule has 2 rings (SSSR count). The molecule has 0 radical (unpaired) electrons. The third-order valence-electron chi connectivity index (χ3n) is 2.38. The van der Waals surface area contributed by atoms with Gasteiger partial charge in [0.05, 0.1) is 13.2 Å². The van der Waals surface area contributed by atoms with Gasteiger partial charge in [-0.1, -0.05) is 12.1 Å². The SMILES string of the molecule is COc1ccc([C@H](N)c2ccsc2)cc1. The maximum absolute atomic E-state index is 6.12. The summed E-state index contributed by atoms with van der Waals surface area (Å²) in [4.78, 5) is 0. The maximum atomic E-state index is 6.12. The van der Waals surface area contributed by atoms with Gasteiger partial charge >= 0.3 is 0 Å². The van der Waals surface area contributed by atoms with Crippen LogP contribution in [0.5, 0.6) is 5.75 Å². The summed E-state index contributed by atoms with van der Waals surface area (Å²) in [6, 6.07) is 9.88. The highest BCUT2D eigenvalue weighted by Crippen LogP contribution is 2.23. The zero-order chi connectivity index (χ0) is 10.7. The summed E-state index contributed by atoms with van der Waals surface area (Å²) in [7, 11) is 1.66. The number of hydrogen-bond donors (Lipinski definition) is 1. The van der Waals surface area contributed by atoms with E-state index < -0.39 is 0 Å². The molecule has 0 aliphatic rings. The topological polar surface area (TPSA) is 35.2 Å². The van der Waals surface area contributed by atoms with Gasteiger partial charge in [0.25, 0.3) is 0 Å². The third-order valence-corrected chi connectivity index (χ3v) is 3.08. The Morgan fingerprint density at radius 3 is 2.40 bits per heavy atom. The van der Waals surface area contributed by atoms with Gasteiger partial charge in [0.1, 0.15) is 5.75 Å². The smallest absolute Gasteiger partial charge is 0.118 e. The van der Waals surface area contributed by atoms with Crippen LogP contribution in [0, 0.1) is 0 Å². The van der Waals surface area contributed by atoms with E-state index in [0.29, 0.717) is 0 Å².